The monoisotopic (exact) mass is 323 g/mol. The summed E-state index contributed by atoms with van der Waals surface area (Å²) in [6.45, 7) is 5.63. The third-order valence-electron chi connectivity index (χ3n) is 4.27. The molecule has 0 amide bonds. The van der Waals surface area contributed by atoms with E-state index in [4.69, 9.17) is 18.0 Å². The molecule has 0 aromatic heterocycles. The summed E-state index contributed by atoms with van der Waals surface area (Å²) in [5.74, 6) is 0. The lowest BCUT2D eigenvalue weighted by Gasteiger charge is -2.30. The Hall–Kier alpha value is -0.780. The fraction of sp³-hybridized carbons (Fsp3) is 0.562. The van der Waals surface area contributed by atoms with Crippen molar-refractivity contribution >= 4 is 34.7 Å². The number of hydrogen-bond acceptors (Lipinski definition) is 4. The summed E-state index contributed by atoms with van der Waals surface area (Å²) in [5, 5.41) is 0. The van der Waals surface area contributed by atoms with Crippen molar-refractivity contribution in [3.8, 4) is 0 Å². The number of rotatable bonds is 6. The van der Waals surface area contributed by atoms with Gasteiger partial charge < -0.3 is 10.6 Å². The van der Waals surface area contributed by atoms with Crippen molar-refractivity contribution in [1.29, 1.82) is 0 Å². The Morgan fingerprint density at radius 3 is 2.90 bits per heavy atom. The van der Waals surface area contributed by atoms with E-state index in [0.29, 0.717) is 11.0 Å². The molecule has 2 N–H and O–H groups in total. The normalized spacial score (nSPS) is 18.9. The van der Waals surface area contributed by atoms with Gasteiger partial charge in [0.25, 0.3) is 0 Å². The largest absolute Gasteiger partial charge is 0.389 e. The molecule has 1 fully saturated rings. The molecule has 0 bridgehead atoms. The van der Waals surface area contributed by atoms with Gasteiger partial charge in [0.15, 0.2) is 0 Å². The fourth-order valence-corrected chi connectivity index (χ4v) is 4.10. The number of nitrogens with two attached hydrogens (primary N) is 1. The first-order valence-electron chi connectivity index (χ1n) is 7.50. The van der Waals surface area contributed by atoms with E-state index in [0.717, 1.165) is 29.2 Å². The average molecular weight is 324 g/mol. The number of benzene rings is 1. The van der Waals surface area contributed by atoms with Crippen molar-refractivity contribution in [1.82, 2.24) is 4.90 Å². The Kier molecular flexibility index (Phi) is 5.90. The minimum absolute atomic E-state index is 0.487. The third kappa shape index (κ3) is 3.71. The van der Waals surface area contributed by atoms with Gasteiger partial charge in [-0.3, -0.25) is 4.90 Å². The number of thiocarbonyl (C=S) groups is 1. The molecule has 1 unspecified atom stereocenters. The molecule has 5 heteroatoms. The molecule has 2 rings (SSSR count). The maximum Gasteiger partial charge on any atom is 0.107 e. The second-order valence-corrected chi connectivity index (χ2v) is 6.81. The molecule has 1 saturated heterocycles. The van der Waals surface area contributed by atoms with E-state index in [9.17, 15) is 0 Å². The molecule has 3 nitrogen and oxygen atoms in total. The molecule has 1 aliphatic rings. The summed E-state index contributed by atoms with van der Waals surface area (Å²) in [4.78, 5) is 6.52. The smallest absolute Gasteiger partial charge is 0.107 e. The molecule has 116 valence electrons. The van der Waals surface area contributed by atoms with Crippen LogP contribution in [0.4, 0.5) is 5.69 Å². The Morgan fingerprint density at radius 2 is 2.29 bits per heavy atom. The van der Waals surface area contributed by atoms with Crippen LogP contribution < -0.4 is 10.6 Å². The Bertz CT molecular complexity index is 504. The highest BCUT2D eigenvalue weighted by atomic mass is 32.2. The average Bonchev–Trinajstić information content (AvgIpc) is 2.93. The zero-order valence-electron chi connectivity index (χ0n) is 13.1. The number of likely N-dealkylation sites (tertiary alicyclic amines) is 1. The predicted molar refractivity (Wildman–Crippen MR) is 97.6 cm³/mol. The summed E-state index contributed by atoms with van der Waals surface area (Å²) >= 11 is 6.98. The molecule has 1 aliphatic heterocycles. The van der Waals surface area contributed by atoms with Gasteiger partial charge in [0.05, 0.1) is 0 Å². The molecule has 1 aromatic carbocycles. The van der Waals surface area contributed by atoms with E-state index in [2.05, 4.69) is 48.2 Å². The van der Waals surface area contributed by atoms with Gasteiger partial charge in [-0.05, 0) is 44.3 Å². The predicted octanol–water partition coefficient (Wildman–Crippen LogP) is 2.96. The van der Waals surface area contributed by atoms with Gasteiger partial charge in [0.2, 0.25) is 0 Å². The van der Waals surface area contributed by atoms with Gasteiger partial charge in [0.1, 0.15) is 4.99 Å². The van der Waals surface area contributed by atoms with Crippen LogP contribution in [-0.2, 0) is 0 Å². The van der Waals surface area contributed by atoms with Crippen LogP contribution in [-0.4, -0.2) is 48.9 Å². The standard InChI is InChI=1S/C16H25N3S2/c1-4-19-10-6-7-12(19)11-18(2)13-8-5-9-14(21-3)15(13)16(17)20/h5,8-9,12H,4,6-7,10-11H2,1-3H3,(H2,17,20). The fourth-order valence-electron chi connectivity index (χ4n) is 3.19. The second-order valence-electron chi connectivity index (χ2n) is 5.52. The lowest BCUT2D eigenvalue weighted by Crippen LogP contribution is -2.39. The Morgan fingerprint density at radius 1 is 1.52 bits per heavy atom. The van der Waals surface area contributed by atoms with Crippen LogP contribution in [0.2, 0.25) is 0 Å². The van der Waals surface area contributed by atoms with Crippen molar-refractivity contribution in [3.63, 3.8) is 0 Å². The Labute approximate surface area is 137 Å². The van der Waals surface area contributed by atoms with Gasteiger partial charge >= 0.3 is 0 Å². The maximum absolute atomic E-state index is 5.97. The number of nitrogens with zero attached hydrogens (tertiary/aromatic N) is 2. The summed E-state index contributed by atoms with van der Waals surface area (Å²) < 4.78 is 0. The quantitative estimate of drug-likeness (QED) is 0.643. The van der Waals surface area contributed by atoms with E-state index in [-0.39, 0.29) is 0 Å². The summed E-state index contributed by atoms with van der Waals surface area (Å²) in [5.41, 5.74) is 8.14. The van der Waals surface area contributed by atoms with Gasteiger partial charge in [-0.2, -0.15) is 0 Å². The van der Waals surface area contributed by atoms with E-state index in [1.54, 1.807) is 11.8 Å². The molecule has 0 spiro atoms. The molecular formula is C16H25N3S2. The molecule has 1 heterocycles. The Balaban J connectivity index is 2.22. The van der Waals surface area contributed by atoms with Gasteiger partial charge in [0, 0.05) is 35.8 Å². The SMILES string of the molecule is CCN1CCCC1CN(C)c1cccc(SC)c1C(N)=S. The van der Waals surface area contributed by atoms with Crippen LogP contribution in [0.3, 0.4) is 0 Å². The van der Waals surface area contributed by atoms with E-state index in [1.165, 1.54) is 19.4 Å². The topological polar surface area (TPSA) is 32.5 Å². The molecule has 21 heavy (non-hydrogen) atoms. The second kappa shape index (κ2) is 7.47. The van der Waals surface area contributed by atoms with Crippen molar-refractivity contribution in [2.45, 2.75) is 30.7 Å². The van der Waals surface area contributed by atoms with Crippen LogP contribution in [0.25, 0.3) is 0 Å². The molecule has 1 atom stereocenters. The maximum atomic E-state index is 5.97. The number of anilines is 1. The molecule has 0 aliphatic carbocycles. The zero-order valence-corrected chi connectivity index (χ0v) is 14.8. The highest BCUT2D eigenvalue weighted by Gasteiger charge is 2.25. The highest BCUT2D eigenvalue weighted by molar-refractivity contribution is 7.98. The van der Waals surface area contributed by atoms with Crippen molar-refractivity contribution in [2.24, 2.45) is 5.73 Å². The van der Waals surface area contributed by atoms with Crippen molar-refractivity contribution < 1.29 is 0 Å². The number of thioether (sulfide) groups is 1. The minimum atomic E-state index is 0.487. The lowest BCUT2D eigenvalue weighted by atomic mass is 10.1. The van der Waals surface area contributed by atoms with Crippen molar-refractivity contribution in [3.05, 3.63) is 23.8 Å². The summed E-state index contributed by atoms with van der Waals surface area (Å²) in [6, 6.07) is 6.94. The van der Waals surface area contributed by atoms with Crippen molar-refractivity contribution in [2.75, 3.05) is 37.8 Å². The first-order chi connectivity index (χ1) is 10.1. The van der Waals surface area contributed by atoms with Crippen LogP contribution in [0, 0.1) is 0 Å². The lowest BCUT2D eigenvalue weighted by molar-refractivity contribution is 0.270. The zero-order chi connectivity index (χ0) is 15.4. The van der Waals surface area contributed by atoms with Gasteiger partial charge in [-0.15, -0.1) is 11.8 Å². The molecule has 0 saturated carbocycles. The third-order valence-corrected chi connectivity index (χ3v) is 5.26. The number of hydrogen-bond donors (Lipinski definition) is 1. The van der Waals surface area contributed by atoms with E-state index in [1.807, 2.05) is 0 Å². The van der Waals surface area contributed by atoms with E-state index < -0.39 is 0 Å². The summed E-state index contributed by atoms with van der Waals surface area (Å²) in [6.07, 6.45) is 4.65. The highest BCUT2D eigenvalue weighted by Crippen LogP contribution is 2.30. The number of likely N-dealkylation sites (N-methyl/N-ethyl adjacent to an activating group) is 2. The van der Waals surface area contributed by atoms with Crippen LogP contribution in [0.15, 0.2) is 23.1 Å². The van der Waals surface area contributed by atoms with Crippen LogP contribution in [0.5, 0.6) is 0 Å². The molecular weight excluding hydrogens is 298 g/mol. The van der Waals surface area contributed by atoms with Gasteiger partial charge in [-0.25, -0.2) is 0 Å². The van der Waals surface area contributed by atoms with Gasteiger partial charge in [-0.1, -0.05) is 25.2 Å². The first-order valence-corrected chi connectivity index (χ1v) is 9.13. The first kappa shape index (κ1) is 16.6. The minimum Gasteiger partial charge on any atom is -0.389 e. The summed E-state index contributed by atoms with van der Waals surface area (Å²) in [7, 11) is 2.15. The molecule has 1 aromatic rings. The van der Waals surface area contributed by atoms with Crippen LogP contribution in [0.1, 0.15) is 25.3 Å². The van der Waals surface area contributed by atoms with Crippen LogP contribution >= 0.6 is 24.0 Å². The van der Waals surface area contributed by atoms with E-state index >= 15 is 0 Å². The molecule has 0 radical (unpaired) electrons.